The van der Waals surface area contributed by atoms with Crippen LogP contribution in [0.15, 0.2) is 56.4 Å². The van der Waals surface area contributed by atoms with E-state index in [1.807, 2.05) is 0 Å². The van der Waals surface area contributed by atoms with E-state index in [1.54, 1.807) is 0 Å². The second-order valence-corrected chi connectivity index (χ2v) is 9.68. The molecule has 0 bridgehead atoms. The number of benzene rings is 2. The molecule has 11 nitrogen and oxygen atoms in total. The summed E-state index contributed by atoms with van der Waals surface area (Å²) >= 11 is 11.7. The standard InChI is InChI=1S/C16H12Cl2N4O7S2/c1-8-15(20-19-13-6-11(17)12(18)7-14(13)31(27,28)29)16(23)22(21-8)9-3-2-4-10(5-9)30(24,25)26/h2-7,23H,1H3,(H,24,25,26)(H,27,28,29). The highest BCUT2D eigenvalue weighted by Crippen LogP contribution is 2.37. The molecule has 3 aromatic rings. The van der Waals surface area contributed by atoms with Crippen molar-refractivity contribution in [1.82, 2.24) is 9.78 Å². The van der Waals surface area contributed by atoms with Crippen molar-refractivity contribution < 1.29 is 31.0 Å². The van der Waals surface area contributed by atoms with Crippen molar-refractivity contribution in [2.75, 3.05) is 0 Å². The van der Waals surface area contributed by atoms with Gasteiger partial charge in [0.15, 0.2) is 5.69 Å². The van der Waals surface area contributed by atoms with Crippen molar-refractivity contribution in [2.45, 2.75) is 16.7 Å². The summed E-state index contributed by atoms with van der Waals surface area (Å²) in [4.78, 5) is -1.08. The van der Waals surface area contributed by atoms with Gasteiger partial charge in [0.2, 0.25) is 5.88 Å². The van der Waals surface area contributed by atoms with E-state index in [2.05, 4.69) is 15.3 Å². The molecule has 3 rings (SSSR count). The van der Waals surface area contributed by atoms with Crippen molar-refractivity contribution >= 4 is 54.8 Å². The van der Waals surface area contributed by atoms with E-state index in [0.29, 0.717) is 0 Å². The maximum absolute atomic E-state index is 11.6. The van der Waals surface area contributed by atoms with E-state index >= 15 is 0 Å². The number of hydrogen-bond acceptors (Lipinski definition) is 8. The average Bonchev–Trinajstić information content (AvgIpc) is 2.95. The Hall–Kier alpha value is -2.55. The second kappa shape index (κ2) is 8.18. The molecule has 0 fully saturated rings. The summed E-state index contributed by atoms with van der Waals surface area (Å²) in [6, 6.07) is 6.90. The highest BCUT2D eigenvalue weighted by atomic mass is 35.5. The van der Waals surface area contributed by atoms with E-state index in [9.17, 15) is 31.0 Å². The van der Waals surface area contributed by atoms with Gasteiger partial charge in [-0.1, -0.05) is 29.3 Å². The number of hydrogen-bond donors (Lipinski definition) is 3. The zero-order valence-corrected chi connectivity index (χ0v) is 18.4. The first kappa shape index (κ1) is 23.1. The summed E-state index contributed by atoms with van der Waals surface area (Å²) in [5, 5.41) is 21.8. The van der Waals surface area contributed by atoms with Gasteiger partial charge < -0.3 is 5.11 Å². The summed E-state index contributed by atoms with van der Waals surface area (Å²) in [5.41, 5.74) is -0.293. The summed E-state index contributed by atoms with van der Waals surface area (Å²) in [6.07, 6.45) is 0. The molecule has 2 aromatic carbocycles. The number of nitrogens with zero attached hydrogens (tertiary/aromatic N) is 4. The smallest absolute Gasteiger partial charge is 0.296 e. The predicted octanol–water partition coefficient (Wildman–Crippen LogP) is 4.10. The monoisotopic (exact) mass is 506 g/mol. The van der Waals surface area contributed by atoms with Gasteiger partial charge in [-0.25, -0.2) is 0 Å². The largest absolute Gasteiger partial charge is 0.492 e. The normalized spacial score (nSPS) is 12.5. The lowest BCUT2D eigenvalue weighted by Crippen LogP contribution is -2.01. The molecule has 1 heterocycles. The van der Waals surface area contributed by atoms with Gasteiger partial charge in [0, 0.05) is 0 Å². The van der Waals surface area contributed by atoms with E-state index < -0.39 is 35.9 Å². The number of aromatic hydroxyl groups is 1. The maximum atomic E-state index is 11.6. The fourth-order valence-electron chi connectivity index (χ4n) is 2.49. The highest BCUT2D eigenvalue weighted by Gasteiger charge is 2.21. The Morgan fingerprint density at radius 1 is 0.968 bits per heavy atom. The third kappa shape index (κ3) is 4.87. The Kier molecular flexibility index (Phi) is 6.10. The SMILES string of the molecule is Cc1nn(-c2cccc(S(=O)(=O)O)c2)c(O)c1N=Nc1cc(Cl)c(Cl)cc1S(=O)(=O)O. The molecule has 1 aromatic heterocycles. The number of rotatable bonds is 5. The molecule has 0 radical (unpaired) electrons. The van der Waals surface area contributed by atoms with E-state index in [-0.39, 0.29) is 32.8 Å². The molecule has 0 aliphatic heterocycles. The number of azo groups is 1. The van der Waals surface area contributed by atoms with Gasteiger partial charge in [0.05, 0.1) is 26.3 Å². The molecule has 0 saturated carbocycles. The molecular weight excluding hydrogens is 495 g/mol. The van der Waals surface area contributed by atoms with E-state index in [1.165, 1.54) is 19.1 Å². The lowest BCUT2D eigenvalue weighted by molar-refractivity contribution is 0.434. The number of halogens is 2. The quantitative estimate of drug-likeness (QED) is 0.342. The number of aryl methyl sites for hydroxylation is 1. The van der Waals surface area contributed by atoms with Crippen LogP contribution in [0.2, 0.25) is 10.0 Å². The Morgan fingerprint density at radius 2 is 1.61 bits per heavy atom. The lowest BCUT2D eigenvalue weighted by Gasteiger charge is -2.05. The average molecular weight is 507 g/mol. The summed E-state index contributed by atoms with van der Waals surface area (Å²) < 4.78 is 65.3. The van der Waals surface area contributed by atoms with Crippen LogP contribution in [0.4, 0.5) is 11.4 Å². The molecule has 0 saturated heterocycles. The Balaban J connectivity index is 2.10. The zero-order valence-electron chi connectivity index (χ0n) is 15.3. The molecular formula is C16H12Cl2N4O7S2. The first-order valence-corrected chi connectivity index (χ1v) is 11.7. The summed E-state index contributed by atoms with van der Waals surface area (Å²) in [5.74, 6) is -0.554. The van der Waals surface area contributed by atoms with Crippen LogP contribution in [0, 0.1) is 6.92 Å². The van der Waals surface area contributed by atoms with Crippen LogP contribution >= 0.6 is 23.2 Å². The minimum Gasteiger partial charge on any atom is -0.492 e. The molecule has 0 atom stereocenters. The van der Waals surface area contributed by atoms with Gasteiger partial charge in [-0.05, 0) is 37.3 Å². The molecule has 0 spiro atoms. The molecule has 0 aliphatic rings. The Morgan fingerprint density at radius 3 is 2.23 bits per heavy atom. The van der Waals surface area contributed by atoms with Crippen molar-refractivity contribution in [1.29, 1.82) is 0 Å². The van der Waals surface area contributed by atoms with Gasteiger partial charge in [0.1, 0.15) is 10.6 Å². The predicted molar refractivity (Wildman–Crippen MR) is 110 cm³/mol. The minimum atomic E-state index is -4.71. The van der Waals surface area contributed by atoms with Gasteiger partial charge in [-0.2, -0.15) is 26.6 Å². The third-order valence-corrected chi connectivity index (χ3v) is 6.36. The van der Waals surface area contributed by atoms with E-state index in [0.717, 1.165) is 28.9 Å². The molecule has 31 heavy (non-hydrogen) atoms. The summed E-state index contributed by atoms with van der Waals surface area (Å²) in [6.45, 7) is 1.45. The molecule has 0 unspecified atom stereocenters. The fraction of sp³-hybridized carbons (Fsp3) is 0.0625. The van der Waals surface area contributed by atoms with Crippen molar-refractivity contribution in [2.24, 2.45) is 10.2 Å². The van der Waals surface area contributed by atoms with Gasteiger partial charge in [-0.15, -0.1) is 10.2 Å². The summed E-state index contributed by atoms with van der Waals surface area (Å²) in [7, 11) is -9.21. The van der Waals surface area contributed by atoms with Crippen LogP contribution in [0.5, 0.6) is 5.88 Å². The lowest BCUT2D eigenvalue weighted by atomic mass is 10.3. The van der Waals surface area contributed by atoms with Crippen LogP contribution in [-0.4, -0.2) is 40.8 Å². The zero-order chi connectivity index (χ0) is 23.1. The van der Waals surface area contributed by atoms with Crippen molar-refractivity contribution in [3.05, 3.63) is 52.1 Å². The van der Waals surface area contributed by atoms with Crippen LogP contribution in [0.1, 0.15) is 5.69 Å². The molecule has 164 valence electrons. The molecule has 3 N–H and O–H groups in total. The van der Waals surface area contributed by atoms with Crippen molar-refractivity contribution in [3.8, 4) is 11.6 Å². The van der Waals surface area contributed by atoms with E-state index in [4.69, 9.17) is 23.2 Å². The Bertz CT molecular complexity index is 1430. The van der Waals surface area contributed by atoms with Crippen LogP contribution < -0.4 is 0 Å². The van der Waals surface area contributed by atoms with Crippen LogP contribution in [0.3, 0.4) is 0 Å². The van der Waals surface area contributed by atoms with Crippen LogP contribution in [0.25, 0.3) is 5.69 Å². The first-order chi connectivity index (χ1) is 14.3. The van der Waals surface area contributed by atoms with Gasteiger partial charge in [0.25, 0.3) is 20.2 Å². The van der Waals surface area contributed by atoms with Crippen LogP contribution in [-0.2, 0) is 20.2 Å². The van der Waals surface area contributed by atoms with Gasteiger partial charge >= 0.3 is 0 Å². The van der Waals surface area contributed by atoms with Gasteiger partial charge in [-0.3, -0.25) is 9.11 Å². The third-order valence-electron chi connectivity index (χ3n) is 3.90. The Labute approximate surface area is 186 Å². The topological polar surface area (TPSA) is 172 Å². The number of aromatic nitrogens is 2. The molecule has 15 heteroatoms. The molecule has 0 amide bonds. The second-order valence-electron chi connectivity index (χ2n) is 6.05. The first-order valence-electron chi connectivity index (χ1n) is 8.04. The minimum absolute atomic E-state index is 0.0540. The van der Waals surface area contributed by atoms with Crippen molar-refractivity contribution in [3.63, 3.8) is 0 Å². The molecule has 0 aliphatic carbocycles. The fourth-order valence-corrected chi connectivity index (χ4v) is 4.02. The highest BCUT2D eigenvalue weighted by molar-refractivity contribution is 7.86. The maximum Gasteiger partial charge on any atom is 0.296 e.